The summed E-state index contributed by atoms with van der Waals surface area (Å²) >= 11 is 0. The number of allylic oxidation sites excluding steroid dienone is 5. The first-order valence-corrected chi connectivity index (χ1v) is 13.2. The maximum Gasteiger partial charge on any atom is 0.211 e. The van der Waals surface area contributed by atoms with Gasteiger partial charge in [0.1, 0.15) is 0 Å². The molecule has 1 aliphatic heterocycles. The minimum absolute atomic E-state index is 0.0921. The fourth-order valence-electron chi connectivity index (χ4n) is 4.57. The Labute approximate surface area is 212 Å². The SMILES string of the molecule is CCC(=Nc1cc(N2CCCC(C)CC2)ccc1C)C(C)C1C=CC=CC=C1NC=O.CCCF. The average Bonchev–Trinajstić information content (AvgIpc) is 3.24. The summed E-state index contributed by atoms with van der Waals surface area (Å²) in [6.45, 7) is 12.7. The first-order chi connectivity index (χ1) is 16.9. The van der Waals surface area contributed by atoms with Crippen LogP contribution in [0.3, 0.4) is 0 Å². The third-order valence-corrected chi connectivity index (χ3v) is 6.86. The number of aliphatic imine (C=N–C) groups is 1. The predicted molar refractivity (Wildman–Crippen MR) is 148 cm³/mol. The molecule has 0 spiro atoms. The summed E-state index contributed by atoms with van der Waals surface area (Å²) in [6.07, 6.45) is 16.3. The van der Waals surface area contributed by atoms with Crippen LogP contribution in [0.25, 0.3) is 0 Å². The molecule has 1 saturated heterocycles. The van der Waals surface area contributed by atoms with Crippen molar-refractivity contribution in [2.45, 2.75) is 66.7 Å². The monoisotopic (exact) mass is 481 g/mol. The summed E-state index contributed by atoms with van der Waals surface area (Å²) in [5, 5.41) is 2.89. The molecule has 1 heterocycles. The van der Waals surface area contributed by atoms with E-state index >= 15 is 0 Å². The van der Waals surface area contributed by atoms with Crippen LogP contribution in [0.4, 0.5) is 15.8 Å². The van der Waals surface area contributed by atoms with Crippen LogP contribution in [-0.2, 0) is 4.79 Å². The molecule has 35 heavy (non-hydrogen) atoms. The molecule has 5 heteroatoms. The zero-order valence-corrected chi connectivity index (χ0v) is 22.3. The van der Waals surface area contributed by atoms with Gasteiger partial charge in [-0.15, -0.1) is 0 Å². The quantitative estimate of drug-likeness (QED) is 0.309. The van der Waals surface area contributed by atoms with E-state index in [1.165, 1.54) is 30.5 Å². The Morgan fingerprint density at radius 1 is 1.23 bits per heavy atom. The molecule has 0 radical (unpaired) electrons. The number of alkyl halides is 1. The molecule has 3 rings (SSSR count). The number of nitrogens with one attached hydrogen (secondary N) is 1. The Hall–Kier alpha value is -2.69. The van der Waals surface area contributed by atoms with E-state index in [1.807, 2.05) is 18.2 Å². The highest BCUT2D eigenvalue weighted by Gasteiger charge is 2.23. The maximum atomic E-state index is 11.1. The van der Waals surface area contributed by atoms with Crippen LogP contribution in [-0.4, -0.2) is 31.9 Å². The van der Waals surface area contributed by atoms with E-state index in [0.717, 1.165) is 48.9 Å². The Morgan fingerprint density at radius 2 is 2.00 bits per heavy atom. The summed E-state index contributed by atoms with van der Waals surface area (Å²) in [7, 11) is 0. The highest BCUT2D eigenvalue weighted by atomic mass is 19.1. The van der Waals surface area contributed by atoms with Crippen molar-refractivity contribution in [2.75, 3.05) is 24.7 Å². The number of halogens is 1. The minimum Gasteiger partial charge on any atom is -0.371 e. The van der Waals surface area contributed by atoms with E-state index in [9.17, 15) is 9.18 Å². The lowest BCUT2D eigenvalue weighted by atomic mass is 9.85. The highest BCUT2D eigenvalue weighted by Crippen LogP contribution is 2.31. The summed E-state index contributed by atoms with van der Waals surface area (Å²) in [6, 6.07) is 6.71. The van der Waals surface area contributed by atoms with Gasteiger partial charge in [0.15, 0.2) is 0 Å². The number of aryl methyl sites for hydroxylation is 1. The van der Waals surface area contributed by atoms with Gasteiger partial charge in [-0.2, -0.15) is 0 Å². The van der Waals surface area contributed by atoms with Crippen molar-refractivity contribution in [3.8, 4) is 0 Å². The van der Waals surface area contributed by atoms with Gasteiger partial charge in [-0.05, 0) is 68.7 Å². The van der Waals surface area contributed by atoms with Crippen molar-refractivity contribution in [3.05, 3.63) is 59.8 Å². The van der Waals surface area contributed by atoms with Crippen LogP contribution in [0.15, 0.2) is 59.3 Å². The number of carbonyl (C=O) groups excluding carboxylic acids is 1. The molecule has 1 aliphatic carbocycles. The van der Waals surface area contributed by atoms with Crippen LogP contribution in [0.5, 0.6) is 0 Å². The molecule has 3 atom stereocenters. The van der Waals surface area contributed by atoms with Gasteiger partial charge in [0, 0.05) is 42.0 Å². The van der Waals surface area contributed by atoms with Gasteiger partial charge in [-0.3, -0.25) is 14.2 Å². The van der Waals surface area contributed by atoms with Crippen molar-refractivity contribution >= 4 is 23.5 Å². The van der Waals surface area contributed by atoms with Crippen LogP contribution < -0.4 is 10.2 Å². The zero-order chi connectivity index (χ0) is 25.6. The summed E-state index contributed by atoms with van der Waals surface area (Å²) < 4.78 is 10.7. The largest absolute Gasteiger partial charge is 0.371 e. The molecular weight excluding hydrogens is 437 g/mol. The van der Waals surface area contributed by atoms with Gasteiger partial charge in [-0.1, -0.05) is 58.1 Å². The summed E-state index contributed by atoms with van der Waals surface area (Å²) in [5.41, 5.74) is 5.61. The standard InChI is InChI=1S/C27H37N3O.C3H7F/c1-5-25(22(4)24-11-7-6-8-12-26(24)28-19-31)29-27-18-23(14-13-21(27)3)30-16-9-10-20(2)15-17-30;1-2-3-4/h6-8,11-14,18-20,22,24H,5,9-10,15-17H2,1-4H3,(H,28,31);2-3H2,1H3. The Kier molecular flexibility index (Phi) is 12.5. The van der Waals surface area contributed by atoms with Crippen LogP contribution in [0, 0.1) is 24.7 Å². The first kappa shape index (κ1) is 28.5. The van der Waals surface area contributed by atoms with E-state index in [-0.39, 0.29) is 18.5 Å². The summed E-state index contributed by atoms with van der Waals surface area (Å²) in [5.74, 6) is 1.08. The summed E-state index contributed by atoms with van der Waals surface area (Å²) in [4.78, 5) is 18.8. The molecule has 1 N–H and O–H groups in total. The topological polar surface area (TPSA) is 44.7 Å². The van der Waals surface area contributed by atoms with Gasteiger partial charge in [0.25, 0.3) is 0 Å². The number of rotatable bonds is 8. The van der Waals surface area contributed by atoms with Crippen LogP contribution >= 0.6 is 0 Å². The Bertz CT molecular complexity index is 916. The molecule has 4 nitrogen and oxygen atoms in total. The normalized spacial score (nSPS) is 21.3. The van der Waals surface area contributed by atoms with E-state index in [1.54, 1.807) is 6.92 Å². The minimum atomic E-state index is -0.181. The third-order valence-electron chi connectivity index (χ3n) is 6.86. The number of carbonyl (C=O) groups is 1. The second-order valence-electron chi connectivity index (χ2n) is 9.61. The molecule has 1 aromatic carbocycles. The van der Waals surface area contributed by atoms with Gasteiger partial charge in [0.05, 0.1) is 12.4 Å². The van der Waals surface area contributed by atoms with Gasteiger partial charge >= 0.3 is 0 Å². The zero-order valence-electron chi connectivity index (χ0n) is 22.3. The molecule has 2 aliphatic rings. The molecule has 1 amide bonds. The van der Waals surface area contributed by atoms with E-state index in [4.69, 9.17) is 4.99 Å². The molecule has 0 bridgehead atoms. The van der Waals surface area contributed by atoms with Crippen LogP contribution in [0.1, 0.15) is 65.4 Å². The lowest BCUT2D eigenvalue weighted by molar-refractivity contribution is -0.109. The molecule has 0 saturated carbocycles. The maximum absolute atomic E-state index is 11.1. The van der Waals surface area contributed by atoms with Crippen molar-refractivity contribution in [3.63, 3.8) is 0 Å². The fourth-order valence-corrected chi connectivity index (χ4v) is 4.57. The average molecular weight is 482 g/mol. The predicted octanol–water partition coefficient (Wildman–Crippen LogP) is 7.48. The number of amides is 1. The number of anilines is 1. The van der Waals surface area contributed by atoms with Crippen molar-refractivity contribution in [1.29, 1.82) is 0 Å². The lowest BCUT2D eigenvalue weighted by Gasteiger charge is -2.25. The Morgan fingerprint density at radius 3 is 2.69 bits per heavy atom. The highest BCUT2D eigenvalue weighted by molar-refractivity contribution is 5.90. The van der Waals surface area contributed by atoms with Gasteiger partial charge < -0.3 is 10.2 Å². The molecule has 192 valence electrons. The second kappa shape index (κ2) is 15.3. The number of nitrogens with zero attached hydrogens (tertiary/aromatic N) is 2. The molecular formula is C30H44FN3O. The Balaban J connectivity index is 0.00000100. The van der Waals surface area contributed by atoms with Gasteiger partial charge in [-0.25, -0.2) is 0 Å². The van der Waals surface area contributed by atoms with Crippen molar-refractivity contribution in [2.24, 2.45) is 22.7 Å². The first-order valence-electron chi connectivity index (χ1n) is 13.2. The molecule has 3 unspecified atom stereocenters. The molecule has 1 aromatic rings. The van der Waals surface area contributed by atoms with Crippen molar-refractivity contribution in [1.82, 2.24) is 5.32 Å². The van der Waals surface area contributed by atoms with E-state index in [2.05, 4.69) is 68.3 Å². The van der Waals surface area contributed by atoms with Crippen molar-refractivity contribution < 1.29 is 9.18 Å². The fraction of sp³-hybridized carbons (Fsp3) is 0.533. The van der Waals surface area contributed by atoms with Gasteiger partial charge in [0.2, 0.25) is 6.41 Å². The number of hydrogen-bond acceptors (Lipinski definition) is 3. The number of benzene rings is 1. The lowest BCUT2D eigenvalue weighted by Crippen LogP contribution is -2.27. The second-order valence-corrected chi connectivity index (χ2v) is 9.61. The number of hydrogen-bond donors (Lipinski definition) is 1. The van der Waals surface area contributed by atoms with E-state index in [0.29, 0.717) is 6.42 Å². The smallest absolute Gasteiger partial charge is 0.211 e. The molecule has 1 fully saturated rings. The van der Waals surface area contributed by atoms with Crippen LogP contribution in [0.2, 0.25) is 0 Å². The van der Waals surface area contributed by atoms with E-state index < -0.39 is 0 Å². The third kappa shape index (κ3) is 8.79. The molecule has 0 aromatic heterocycles.